The average molecular weight is 570 g/mol. The molecule has 1 aliphatic rings. The normalized spacial score (nSPS) is 12.7. The first-order chi connectivity index (χ1) is 19.1. The molecule has 0 aromatic heterocycles. The predicted molar refractivity (Wildman–Crippen MR) is 177 cm³/mol. The molecule has 40 heavy (non-hydrogen) atoms. The summed E-state index contributed by atoms with van der Waals surface area (Å²) in [6, 6.07) is 13.9. The summed E-state index contributed by atoms with van der Waals surface area (Å²) >= 11 is 1.91. The molecule has 224 valence electrons. The van der Waals surface area contributed by atoms with E-state index in [0.29, 0.717) is 0 Å². The molecule has 0 aliphatic carbocycles. The van der Waals surface area contributed by atoms with Crippen LogP contribution in [0.2, 0.25) is 0 Å². The van der Waals surface area contributed by atoms with Crippen LogP contribution in [-0.4, -0.2) is 128 Å². The smallest absolute Gasteiger partial charge is 0.0527 e. The summed E-state index contributed by atoms with van der Waals surface area (Å²) in [4.78, 5) is 16.9. The molecule has 0 fully saturated rings. The number of nitrogens with zero attached hydrogens (tertiary/aromatic N) is 6. The maximum absolute atomic E-state index is 3.72. The van der Waals surface area contributed by atoms with Crippen LogP contribution in [-0.2, 0) is 0 Å². The highest BCUT2D eigenvalue weighted by atomic mass is 32.2. The van der Waals surface area contributed by atoms with Crippen molar-refractivity contribution in [1.82, 2.24) is 19.6 Å². The average Bonchev–Trinajstić information content (AvgIpc) is 2.89. The maximum atomic E-state index is 3.72. The van der Waals surface area contributed by atoms with Gasteiger partial charge in [0.25, 0.3) is 0 Å². The summed E-state index contributed by atoms with van der Waals surface area (Å²) in [7, 11) is 17.3. The van der Waals surface area contributed by atoms with Gasteiger partial charge in [0.05, 0.1) is 11.4 Å². The molecule has 2 aromatic carbocycles. The van der Waals surface area contributed by atoms with Crippen molar-refractivity contribution in [3.8, 4) is 0 Å². The molecule has 0 amide bonds. The zero-order chi connectivity index (χ0) is 29.1. The van der Waals surface area contributed by atoms with Crippen molar-refractivity contribution in [3.63, 3.8) is 0 Å². The number of rotatable bonds is 18. The largest absolute Gasteiger partial charge is 0.371 e. The van der Waals surface area contributed by atoms with Gasteiger partial charge >= 0.3 is 0 Å². The van der Waals surface area contributed by atoms with Crippen molar-refractivity contribution < 1.29 is 0 Å². The van der Waals surface area contributed by atoms with E-state index in [-0.39, 0.29) is 0 Å². The minimum Gasteiger partial charge on any atom is -0.371 e. The van der Waals surface area contributed by atoms with Gasteiger partial charge in [-0.1, -0.05) is 11.8 Å². The number of fused-ring (bicyclic) bond motifs is 2. The van der Waals surface area contributed by atoms with Crippen LogP contribution in [0.4, 0.5) is 22.7 Å². The third-order valence-electron chi connectivity index (χ3n) is 7.28. The fraction of sp³-hybridized carbons (Fsp3) is 0.625. The van der Waals surface area contributed by atoms with E-state index >= 15 is 0 Å². The Hall–Kier alpha value is -1.97. The Morgan fingerprint density at radius 3 is 1.10 bits per heavy atom. The van der Waals surface area contributed by atoms with E-state index in [9.17, 15) is 0 Å². The van der Waals surface area contributed by atoms with Gasteiger partial charge in [0.1, 0.15) is 0 Å². The topological polar surface area (TPSA) is 31.5 Å². The van der Waals surface area contributed by atoms with Crippen molar-refractivity contribution in [1.29, 1.82) is 0 Å². The highest BCUT2D eigenvalue weighted by Crippen LogP contribution is 2.46. The Balaban J connectivity index is 1.77. The third-order valence-corrected chi connectivity index (χ3v) is 8.40. The van der Waals surface area contributed by atoms with Gasteiger partial charge in [-0.25, -0.2) is 0 Å². The lowest BCUT2D eigenvalue weighted by Gasteiger charge is -2.30. The molecular formula is C32H55N7S. The number of hydrogen-bond acceptors (Lipinski definition) is 8. The molecule has 0 saturated carbocycles. The van der Waals surface area contributed by atoms with E-state index in [1.54, 1.807) is 0 Å². The molecule has 0 atom stereocenters. The first kappa shape index (κ1) is 32.5. The standard InChI is InChI=1S/C32H55N7S/c1-34(2)17-9-21-38(22-10-18-35(3)4)27-13-15-29-31(25-27)40-32-26-28(14-16-30(32)33-29)39(23-11-19-36(5)6)24-12-20-37(7)8/h13-16,25-26,33H,9-12,17-24H2,1-8H3. The van der Waals surface area contributed by atoms with Crippen LogP contribution in [0.25, 0.3) is 0 Å². The van der Waals surface area contributed by atoms with E-state index in [1.165, 1.54) is 58.2 Å². The number of nitrogens with one attached hydrogen (secondary N) is 1. The summed E-state index contributed by atoms with van der Waals surface area (Å²) in [5, 5.41) is 3.72. The molecule has 0 bridgehead atoms. The molecule has 1 heterocycles. The summed E-state index contributed by atoms with van der Waals surface area (Å²) in [5.41, 5.74) is 5.09. The van der Waals surface area contributed by atoms with Crippen molar-refractivity contribution in [3.05, 3.63) is 36.4 Å². The first-order valence-electron chi connectivity index (χ1n) is 14.9. The monoisotopic (exact) mass is 569 g/mol. The Morgan fingerprint density at radius 2 is 0.800 bits per heavy atom. The van der Waals surface area contributed by atoms with Crippen LogP contribution < -0.4 is 15.1 Å². The zero-order valence-electron chi connectivity index (χ0n) is 26.5. The van der Waals surface area contributed by atoms with Crippen molar-refractivity contribution >= 4 is 34.5 Å². The molecule has 0 spiro atoms. The highest BCUT2D eigenvalue weighted by molar-refractivity contribution is 7.99. The van der Waals surface area contributed by atoms with Crippen LogP contribution in [0.15, 0.2) is 46.2 Å². The van der Waals surface area contributed by atoms with Gasteiger partial charge < -0.3 is 34.7 Å². The van der Waals surface area contributed by atoms with Gasteiger partial charge in [-0.15, -0.1) is 0 Å². The summed E-state index contributed by atoms with van der Waals surface area (Å²) < 4.78 is 0. The number of anilines is 4. The molecule has 3 rings (SSSR count). The lowest BCUT2D eigenvalue weighted by atomic mass is 10.2. The molecule has 0 saturated heterocycles. The van der Waals surface area contributed by atoms with Gasteiger partial charge in [0.15, 0.2) is 0 Å². The fourth-order valence-corrected chi connectivity index (χ4v) is 6.16. The fourth-order valence-electron chi connectivity index (χ4n) is 5.11. The Morgan fingerprint density at radius 1 is 0.475 bits per heavy atom. The highest BCUT2D eigenvalue weighted by Gasteiger charge is 2.19. The third kappa shape index (κ3) is 10.8. The second kappa shape index (κ2) is 16.5. The van der Waals surface area contributed by atoms with E-state index in [4.69, 9.17) is 0 Å². The molecule has 1 N–H and O–H groups in total. The van der Waals surface area contributed by atoms with E-state index in [2.05, 4.69) is 127 Å². The molecule has 2 aromatic rings. The van der Waals surface area contributed by atoms with Crippen molar-refractivity contribution in [2.75, 3.05) is 124 Å². The van der Waals surface area contributed by atoms with Crippen LogP contribution in [0, 0.1) is 0 Å². The van der Waals surface area contributed by atoms with Crippen LogP contribution in [0.5, 0.6) is 0 Å². The maximum Gasteiger partial charge on any atom is 0.0527 e. The minimum absolute atomic E-state index is 1.08. The van der Waals surface area contributed by atoms with Gasteiger partial charge in [-0.05, 0) is 145 Å². The molecule has 0 radical (unpaired) electrons. The lowest BCUT2D eigenvalue weighted by Crippen LogP contribution is -2.30. The molecule has 1 aliphatic heterocycles. The van der Waals surface area contributed by atoms with Crippen LogP contribution >= 0.6 is 11.8 Å². The van der Waals surface area contributed by atoms with Gasteiger partial charge in [-0.3, -0.25) is 0 Å². The minimum atomic E-state index is 1.08. The summed E-state index contributed by atoms with van der Waals surface area (Å²) in [6.45, 7) is 8.77. The Labute approximate surface area is 249 Å². The zero-order valence-corrected chi connectivity index (χ0v) is 27.4. The molecular weight excluding hydrogens is 514 g/mol. The second-order valence-electron chi connectivity index (χ2n) is 12.2. The van der Waals surface area contributed by atoms with E-state index < -0.39 is 0 Å². The van der Waals surface area contributed by atoms with Crippen molar-refractivity contribution in [2.24, 2.45) is 0 Å². The van der Waals surface area contributed by atoms with Gasteiger partial charge in [0, 0.05) is 47.3 Å². The van der Waals surface area contributed by atoms with Crippen LogP contribution in [0.3, 0.4) is 0 Å². The first-order valence-corrected chi connectivity index (χ1v) is 15.8. The van der Waals surface area contributed by atoms with Gasteiger partial charge in [0.2, 0.25) is 0 Å². The van der Waals surface area contributed by atoms with Gasteiger partial charge in [-0.2, -0.15) is 0 Å². The summed E-state index contributed by atoms with van der Waals surface area (Å²) in [5.74, 6) is 0. The summed E-state index contributed by atoms with van der Waals surface area (Å²) in [6.07, 6.45) is 4.67. The SMILES string of the molecule is CN(C)CCCN(CCCN(C)C)c1ccc2c(c1)Sc1cc(N(CCCN(C)C)CCCN(C)C)ccc1N2. The predicted octanol–water partition coefficient (Wildman–Crippen LogP) is 5.31. The van der Waals surface area contributed by atoms with Crippen molar-refractivity contribution in [2.45, 2.75) is 35.5 Å². The number of benzene rings is 2. The van der Waals surface area contributed by atoms with E-state index in [0.717, 1.165) is 52.4 Å². The second-order valence-corrected chi connectivity index (χ2v) is 13.3. The molecule has 7 nitrogen and oxygen atoms in total. The lowest BCUT2D eigenvalue weighted by molar-refractivity contribution is 0.390. The Bertz CT molecular complexity index is 917. The molecule has 0 unspecified atom stereocenters. The van der Waals surface area contributed by atoms with Crippen LogP contribution in [0.1, 0.15) is 25.7 Å². The quantitative estimate of drug-likeness (QED) is 0.221. The Kier molecular flexibility index (Phi) is 13.4. The number of hydrogen-bond donors (Lipinski definition) is 1. The van der Waals surface area contributed by atoms with E-state index in [1.807, 2.05) is 11.8 Å². The molecule has 8 heteroatoms.